The second kappa shape index (κ2) is 5.30. The van der Waals surface area contributed by atoms with Gasteiger partial charge in [0.2, 0.25) is 4.80 Å². The first-order chi connectivity index (χ1) is 8.94. The van der Waals surface area contributed by atoms with Gasteiger partial charge in [-0.25, -0.2) is 0 Å². The fraction of sp³-hybridized carbons (Fsp3) is 0.308. The summed E-state index contributed by atoms with van der Waals surface area (Å²) in [6.45, 7) is 6.54. The summed E-state index contributed by atoms with van der Waals surface area (Å²) in [6.07, 6.45) is 0. The zero-order valence-corrected chi connectivity index (χ0v) is 12.8. The summed E-state index contributed by atoms with van der Waals surface area (Å²) in [4.78, 5) is 0.743. The second-order valence-corrected chi connectivity index (χ2v) is 6.72. The van der Waals surface area contributed by atoms with Crippen LogP contribution >= 0.6 is 11.3 Å². The van der Waals surface area contributed by atoms with E-state index in [9.17, 15) is 8.42 Å². The maximum Gasteiger partial charge on any atom is 0.285 e. The van der Waals surface area contributed by atoms with Crippen LogP contribution in [0.5, 0.6) is 0 Å². The molecular formula is C13H16N2O2S2. The van der Waals surface area contributed by atoms with Crippen molar-refractivity contribution in [3.63, 3.8) is 0 Å². The van der Waals surface area contributed by atoms with Gasteiger partial charge in [0.15, 0.2) is 0 Å². The van der Waals surface area contributed by atoms with Gasteiger partial charge in [-0.1, -0.05) is 17.7 Å². The maximum absolute atomic E-state index is 12.2. The molecule has 0 aliphatic heterocycles. The van der Waals surface area contributed by atoms with Crippen LogP contribution in [0.1, 0.15) is 18.2 Å². The number of thiazole rings is 1. The van der Waals surface area contributed by atoms with Crippen molar-refractivity contribution in [2.24, 2.45) is 4.40 Å². The molecule has 0 fully saturated rings. The fourth-order valence-corrected chi connectivity index (χ4v) is 3.90. The lowest BCUT2D eigenvalue weighted by atomic mass is 10.2. The summed E-state index contributed by atoms with van der Waals surface area (Å²) in [5.41, 5.74) is 2.04. The summed E-state index contributed by atoms with van der Waals surface area (Å²) < 4.78 is 30.3. The minimum atomic E-state index is -3.63. The van der Waals surface area contributed by atoms with Crippen LogP contribution in [-0.2, 0) is 16.6 Å². The van der Waals surface area contributed by atoms with Gasteiger partial charge in [0.25, 0.3) is 10.0 Å². The topological polar surface area (TPSA) is 51.4 Å². The Kier molecular flexibility index (Phi) is 3.91. The number of hydrogen-bond acceptors (Lipinski definition) is 3. The van der Waals surface area contributed by atoms with E-state index in [1.54, 1.807) is 24.3 Å². The van der Waals surface area contributed by atoms with E-state index in [0.29, 0.717) is 11.3 Å². The van der Waals surface area contributed by atoms with Gasteiger partial charge in [0.1, 0.15) is 0 Å². The summed E-state index contributed by atoms with van der Waals surface area (Å²) >= 11 is 1.34. The Labute approximate surface area is 117 Å². The molecule has 0 aliphatic rings. The highest BCUT2D eigenvalue weighted by Crippen LogP contribution is 2.13. The molecule has 0 bridgehead atoms. The third-order valence-electron chi connectivity index (χ3n) is 2.82. The maximum atomic E-state index is 12.2. The van der Waals surface area contributed by atoms with Crippen LogP contribution in [0.25, 0.3) is 0 Å². The lowest BCUT2D eigenvalue weighted by molar-refractivity contribution is 0.595. The number of rotatable bonds is 3. The van der Waals surface area contributed by atoms with E-state index in [1.807, 2.05) is 30.7 Å². The molecule has 0 saturated heterocycles. The van der Waals surface area contributed by atoms with Crippen LogP contribution in [0.15, 0.2) is 38.9 Å². The number of aromatic nitrogens is 1. The van der Waals surface area contributed by atoms with Crippen LogP contribution in [0, 0.1) is 13.8 Å². The number of hydrogen-bond donors (Lipinski definition) is 0. The van der Waals surface area contributed by atoms with E-state index in [2.05, 4.69) is 4.40 Å². The zero-order chi connectivity index (χ0) is 14.0. The van der Waals surface area contributed by atoms with Crippen molar-refractivity contribution in [3.8, 4) is 0 Å². The van der Waals surface area contributed by atoms with Gasteiger partial charge in [0.05, 0.1) is 4.90 Å². The predicted octanol–water partition coefficient (Wildman–Crippen LogP) is 2.48. The van der Waals surface area contributed by atoms with Gasteiger partial charge < -0.3 is 4.57 Å². The molecule has 0 amide bonds. The lowest BCUT2D eigenvalue weighted by Gasteiger charge is -2.01. The Morgan fingerprint density at radius 3 is 2.42 bits per heavy atom. The normalized spacial score (nSPS) is 12.9. The lowest BCUT2D eigenvalue weighted by Crippen LogP contribution is -2.17. The van der Waals surface area contributed by atoms with E-state index in [4.69, 9.17) is 0 Å². The molecule has 1 aromatic carbocycles. The standard InChI is InChI=1S/C13H16N2O2S2/c1-4-15-11(3)9-18-13(15)14-19(16,17)12-7-5-10(2)6-8-12/h5-9H,4H2,1-3H3/b14-13-. The highest BCUT2D eigenvalue weighted by Gasteiger charge is 2.13. The molecule has 0 N–H and O–H groups in total. The molecule has 102 valence electrons. The molecule has 2 aromatic rings. The van der Waals surface area contributed by atoms with E-state index in [-0.39, 0.29) is 4.90 Å². The Morgan fingerprint density at radius 1 is 1.21 bits per heavy atom. The van der Waals surface area contributed by atoms with E-state index >= 15 is 0 Å². The molecule has 2 rings (SSSR count). The smallest absolute Gasteiger partial charge is 0.285 e. The monoisotopic (exact) mass is 296 g/mol. The van der Waals surface area contributed by atoms with Gasteiger partial charge in [-0.2, -0.15) is 8.42 Å². The Morgan fingerprint density at radius 2 is 1.84 bits per heavy atom. The molecule has 1 heterocycles. The number of sulfonamides is 1. The van der Waals surface area contributed by atoms with Crippen molar-refractivity contribution in [1.82, 2.24) is 4.57 Å². The van der Waals surface area contributed by atoms with Crippen LogP contribution < -0.4 is 4.80 Å². The van der Waals surface area contributed by atoms with Crippen LogP contribution in [0.4, 0.5) is 0 Å². The quantitative estimate of drug-likeness (QED) is 0.873. The van der Waals surface area contributed by atoms with Crippen molar-refractivity contribution in [2.75, 3.05) is 0 Å². The van der Waals surface area contributed by atoms with E-state index < -0.39 is 10.0 Å². The van der Waals surface area contributed by atoms with Crippen molar-refractivity contribution in [3.05, 3.63) is 45.7 Å². The highest BCUT2D eigenvalue weighted by molar-refractivity contribution is 7.90. The first-order valence-corrected chi connectivity index (χ1v) is 8.28. The van der Waals surface area contributed by atoms with Crippen molar-refractivity contribution in [1.29, 1.82) is 0 Å². The molecule has 0 spiro atoms. The SMILES string of the molecule is CCn1c(C)cs/c1=N\S(=O)(=O)c1ccc(C)cc1. The first-order valence-electron chi connectivity index (χ1n) is 5.96. The Hall–Kier alpha value is -1.40. The van der Waals surface area contributed by atoms with Crippen molar-refractivity contribution in [2.45, 2.75) is 32.2 Å². The average Bonchev–Trinajstić information content (AvgIpc) is 2.69. The molecule has 6 heteroatoms. The highest BCUT2D eigenvalue weighted by atomic mass is 32.2. The zero-order valence-electron chi connectivity index (χ0n) is 11.1. The second-order valence-electron chi connectivity index (χ2n) is 4.28. The van der Waals surface area contributed by atoms with Crippen molar-refractivity contribution >= 4 is 21.4 Å². The van der Waals surface area contributed by atoms with E-state index in [0.717, 1.165) is 11.3 Å². The largest absolute Gasteiger partial charge is 0.321 e. The first kappa shape index (κ1) is 14.0. The molecular weight excluding hydrogens is 280 g/mol. The van der Waals surface area contributed by atoms with Crippen LogP contribution in [-0.4, -0.2) is 13.0 Å². The van der Waals surface area contributed by atoms with Crippen LogP contribution in [0.2, 0.25) is 0 Å². The molecule has 0 aliphatic carbocycles. The molecule has 0 unspecified atom stereocenters. The number of nitrogens with zero attached hydrogens (tertiary/aromatic N) is 2. The molecule has 4 nitrogen and oxygen atoms in total. The molecule has 0 radical (unpaired) electrons. The Balaban J connectivity index is 2.54. The average molecular weight is 296 g/mol. The molecule has 0 atom stereocenters. The summed E-state index contributed by atoms with van der Waals surface area (Å²) in [5.74, 6) is 0. The molecule has 0 saturated carbocycles. The number of benzene rings is 1. The third-order valence-corrected chi connectivity index (χ3v) is 5.20. The van der Waals surface area contributed by atoms with Gasteiger partial charge in [-0.15, -0.1) is 15.7 Å². The summed E-state index contributed by atoms with van der Waals surface area (Å²) in [6, 6.07) is 6.72. The van der Waals surface area contributed by atoms with Crippen molar-refractivity contribution < 1.29 is 8.42 Å². The molecule has 1 aromatic heterocycles. The predicted molar refractivity (Wildman–Crippen MR) is 76.6 cm³/mol. The van der Waals surface area contributed by atoms with Gasteiger partial charge in [0, 0.05) is 17.6 Å². The van der Waals surface area contributed by atoms with Gasteiger partial charge in [-0.05, 0) is 32.9 Å². The van der Waals surface area contributed by atoms with Gasteiger partial charge in [-0.3, -0.25) is 0 Å². The minimum absolute atomic E-state index is 0.229. The van der Waals surface area contributed by atoms with Crippen LogP contribution in [0.3, 0.4) is 0 Å². The number of aryl methyl sites for hydroxylation is 2. The minimum Gasteiger partial charge on any atom is -0.321 e. The fourth-order valence-electron chi connectivity index (χ4n) is 1.74. The van der Waals surface area contributed by atoms with Gasteiger partial charge >= 0.3 is 0 Å². The summed E-state index contributed by atoms with van der Waals surface area (Å²) in [5, 5.41) is 1.91. The summed E-state index contributed by atoms with van der Waals surface area (Å²) in [7, 11) is -3.63. The van der Waals surface area contributed by atoms with E-state index in [1.165, 1.54) is 11.3 Å². The Bertz CT molecular complexity index is 738. The molecule has 19 heavy (non-hydrogen) atoms. The third kappa shape index (κ3) is 2.96.